The minimum atomic E-state index is -0.191. The number of fused-ring (bicyclic) bond motifs is 1. The van der Waals surface area contributed by atoms with Gasteiger partial charge in [0.25, 0.3) is 5.91 Å². The van der Waals surface area contributed by atoms with Gasteiger partial charge < -0.3 is 14.8 Å². The maximum Gasteiger partial charge on any atom is 0.255 e. The first kappa shape index (κ1) is 13.1. The van der Waals surface area contributed by atoms with Crippen LogP contribution in [0.5, 0.6) is 5.75 Å². The zero-order valence-electron chi connectivity index (χ0n) is 11.3. The Labute approximate surface area is 117 Å². The van der Waals surface area contributed by atoms with Crippen LogP contribution in [0.3, 0.4) is 0 Å². The third-order valence-corrected chi connectivity index (χ3v) is 3.72. The van der Waals surface area contributed by atoms with Gasteiger partial charge in [0.2, 0.25) is 0 Å². The zero-order valence-corrected chi connectivity index (χ0v) is 11.3. The molecule has 1 saturated heterocycles. The highest BCUT2D eigenvalue weighted by molar-refractivity contribution is 6.03. The number of ether oxygens (including phenoxy) is 2. The third kappa shape index (κ3) is 2.41. The normalized spacial score (nSPS) is 25.4. The standard InChI is InChI=1S/C15H17NO4/c1-9-6-11(8-20-9)14(17)10-2-3-13-12(7-10)15(18)16-4-5-19-13/h2-3,7,9,11H,4-6,8H2,1H3,(H,16,18). The largest absolute Gasteiger partial charge is 0.491 e. The second-order valence-electron chi connectivity index (χ2n) is 5.26. The number of ketones is 1. The molecule has 2 unspecified atom stereocenters. The SMILES string of the molecule is CC1CC(C(=O)c2ccc3c(c2)C(=O)NCCO3)CO1. The molecule has 0 spiro atoms. The van der Waals surface area contributed by atoms with Gasteiger partial charge in [0.05, 0.1) is 24.8 Å². The summed E-state index contributed by atoms with van der Waals surface area (Å²) in [6.45, 7) is 3.34. The fraction of sp³-hybridized carbons (Fsp3) is 0.467. The molecule has 1 N–H and O–H groups in total. The lowest BCUT2D eigenvalue weighted by Gasteiger charge is -2.10. The lowest BCUT2D eigenvalue weighted by molar-refractivity contribution is 0.0877. The highest BCUT2D eigenvalue weighted by atomic mass is 16.5. The summed E-state index contributed by atoms with van der Waals surface area (Å²) in [5, 5.41) is 2.74. The van der Waals surface area contributed by atoms with Crippen LogP contribution in [0.15, 0.2) is 18.2 Å². The maximum absolute atomic E-state index is 12.4. The topological polar surface area (TPSA) is 64.6 Å². The Kier molecular flexibility index (Phi) is 3.44. The van der Waals surface area contributed by atoms with Crippen LogP contribution in [0, 0.1) is 5.92 Å². The van der Waals surface area contributed by atoms with Crippen molar-refractivity contribution in [1.82, 2.24) is 5.32 Å². The summed E-state index contributed by atoms with van der Waals surface area (Å²) in [6, 6.07) is 5.05. The quantitative estimate of drug-likeness (QED) is 0.829. The van der Waals surface area contributed by atoms with Gasteiger partial charge in [-0.3, -0.25) is 9.59 Å². The highest BCUT2D eigenvalue weighted by Gasteiger charge is 2.30. The van der Waals surface area contributed by atoms with Crippen molar-refractivity contribution in [2.24, 2.45) is 5.92 Å². The molecule has 0 aliphatic carbocycles. The summed E-state index contributed by atoms with van der Waals surface area (Å²) in [7, 11) is 0. The summed E-state index contributed by atoms with van der Waals surface area (Å²) in [5.74, 6) is 0.266. The minimum Gasteiger partial charge on any atom is -0.491 e. The van der Waals surface area contributed by atoms with Crippen molar-refractivity contribution in [3.05, 3.63) is 29.3 Å². The predicted octanol–water partition coefficient (Wildman–Crippen LogP) is 1.42. The molecule has 106 valence electrons. The summed E-state index contributed by atoms with van der Waals surface area (Å²) >= 11 is 0. The molecule has 0 radical (unpaired) electrons. The van der Waals surface area contributed by atoms with E-state index in [4.69, 9.17) is 9.47 Å². The number of carbonyl (C=O) groups excluding carboxylic acids is 2. The lowest BCUT2D eigenvalue weighted by Crippen LogP contribution is -2.24. The fourth-order valence-electron chi connectivity index (χ4n) is 2.64. The summed E-state index contributed by atoms with van der Waals surface area (Å²) in [6.07, 6.45) is 0.856. The predicted molar refractivity (Wildman–Crippen MR) is 72.1 cm³/mol. The van der Waals surface area contributed by atoms with Gasteiger partial charge in [-0.15, -0.1) is 0 Å². The van der Waals surface area contributed by atoms with Crippen molar-refractivity contribution in [2.45, 2.75) is 19.4 Å². The molecule has 2 atom stereocenters. The van der Waals surface area contributed by atoms with Gasteiger partial charge in [0.15, 0.2) is 5.78 Å². The van der Waals surface area contributed by atoms with Crippen LogP contribution in [0.25, 0.3) is 0 Å². The molecule has 5 nitrogen and oxygen atoms in total. The number of Topliss-reactive ketones (excluding diaryl/α,β-unsaturated/α-hetero) is 1. The minimum absolute atomic E-state index is 0.0363. The number of rotatable bonds is 2. The van der Waals surface area contributed by atoms with Crippen molar-refractivity contribution in [3.8, 4) is 5.75 Å². The van der Waals surface area contributed by atoms with Crippen molar-refractivity contribution in [1.29, 1.82) is 0 Å². The molecule has 20 heavy (non-hydrogen) atoms. The molecule has 2 aliphatic heterocycles. The van der Waals surface area contributed by atoms with E-state index >= 15 is 0 Å². The van der Waals surface area contributed by atoms with E-state index in [2.05, 4.69) is 5.32 Å². The van der Waals surface area contributed by atoms with E-state index in [9.17, 15) is 9.59 Å². The average Bonchev–Trinajstić information content (AvgIpc) is 2.80. The molecule has 3 rings (SSSR count). The Balaban J connectivity index is 1.88. The number of nitrogens with one attached hydrogen (secondary N) is 1. The molecule has 2 heterocycles. The van der Waals surface area contributed by atoms with Crippen LogP contribution in [0.4, 0.5) is 0 Å². The van der Waals surface area contributed by atoms with E-state index in [0.29, 0.717) is 36.6 Å². The fourth-order valence-corrected chi connectivity index (χ4v) is 2.64. The van der Waals surface area contributed by atoms with E-state index in [1.54, 1.807) is 18.2 Å². The second kappa shape index (κ2) is 5.25. The Hall–Kier alpha value is -1.88. The monoisotopic (exact) mass is 275 g/mol. The van der Waals surface area contributed by atoms with Crippen LogP contribution < -0.4 is 10.1 Å². The number of hydrogen-bond donors (Lipinski definition) is 1. The second-order valence-corrected chi connectivity index (χ2v) is 5.26. The van der Waals surface area contributed by atoms with E-state index in [1.165, 1.54) is 0 Å². The van der Waals surface area contributed by atoms with Crippen LogP contribution >= 0.6 is 0 Å². The highest BCUT2D eigenvalue weighted by Crippen LogP contribution is 2.27. The van der Waals surface area contributed by atoms with Gasteiger partial charge in [0.1, 0.15) is 12.4 Å². The zero-order chi connectivity index (χ0) is 14.1. The van der Waals surface area contributed by atoms with Crippen molar-refractivity contribution >= 4 is 11.7 Å². The van der Waals surface area contributed by atoms with Gasteiger partial charge in [-0.25, -0.2) is 0 Å². The molecular weight excluding hydrogens is 258 g/mol. The van der Waals surface area contributed by atoms with Crippen molar-refractivity contribution < 1.29 is 19.1 Å². The van der Waals surface area contributed by atoms with Crippen molar-refractivity contribution in [2.75, 3.05) is 19.8 Å². The first-order valence-electron chi connectivity index (χ1n) is 6.86. The molecule has 1 fully saturated rings. The van der Waals surface area contributed by atoms with Crippen LogP contribution in [-0.4, -0.2) is 37.6 Å². The first-order valence-corrected chi connectivity index (χ1v) is 6.86. The maximum atomic E-state index is 12.4. The molecule has 2 aliphatic rings. The van der Waals surface area contributed by atoms with Gasteiger partial charge in [-0.1, -0.05) is 0 Å². The smallest absolute Gasteiger partial charge is 0.255 e. The summed E-state index contributed by atoms with van der Waals surface area (Å²) in [5.41, 5.74) is 0.979. The third-order valence-electron chi connectivity index (χ3n) is 3.72. The molecule has 0 saturated carbocycles. The van der Waals surface area contributed by atoms with Gasteiger partial charge in [0, 0.05) is 11.5 Å². The van der Waals surface area contributed by atoms with Crippen LogP contribution in [0.2, 0.25) is 0 Å². The van der Waals surface area contributed by atoms with Gasteiger partial charge in [-0.05, 0) is 31.5 Å². The van der Waals surface area contributed by atoms with Crippen molar-refractivity contribution in [3.63, 3.8) is 0 Å². The van der Waals surface area contributed by atoms with Gasteiger partial charge >= 0.3 is 0 Å². The van der Waals surface area contributed by atoms with E-state index in [1.807, 2.05) is 6.92 Å². The molecule has 5 heteroatoms. The van der Waals surface area contributed by atoms with Crippen LogP contribution in [-0.2, 0) is 4.74 Å². The van der Waals surface area contributed by atoms with Gasteiger partial charge in [-0.2, -0.15) is 0 Å². The Morgan fingerprint density at radius 3 is 3.00 bits per heavy atom. The molecule has 0 bridgehead atoms. The first-order chi connectivity index (χ1) is 9.65. The number of carbonyl (C=O) groups is 2. The number of hydrogen-bond acceptors (Lipinski definition) is 4. The average molecular weight is 275 g/mol. The Morgan fingerprint density at radius 2 is 2.25 bits per heavy atom. The lowest BCUT2D eigenvalue weighted by atomic mass is 9.94. The molecule has 1 aromatic carbocycles. The van der Waals surface area contributed by atoms with Crippen LogP contribution in [0.1, 0.15) is 34.1 Å². The number of amides is 1. The Bertz CT molecular complexity index is 555. The summed E-state index contributed by atoms with van der Waals surface area (Å²) < 4.78 is 10.9. The molecular formula is C15H17NO4. The Morgan fingerprint density at radius 1 is 1.40 bits per heavy atom. The van der Waals surface area contributed by atoms with E-state index in [-0.39, 0.29) is 23.7 Å². The molecule has 1 amide bonds. The summed E-state index contributed by atoms with van der Waals surface area (Å²) in [4.78, 5) is 24.3. The van der Waals surface area contributed by atoms with E-state index < -0.39 is 0 Å². The molecule has 0 aromatic heterocycles. The molecule has 1 aromatic rings. The van der Waals surface area contributed by atoms with E-state index in [0.717, 1.165) is 6.42 Å². The number of benzene rings is 1.